The van der Waals surface area contributed by atoms with Gasteiger partial charge in [-0.05, 0) is 79.4 Å². The van der Waals surface area contributed by atoms with Crippen LogP contribution in [0.15, 0.2) is 54.7 Å². The van der Waals surface area contributed by atoms with Crippen molar-refractivity contribution in [3.05, 3.63) is 77.0 Å². The summed E-state index contributed by atoms with van der Waals surface area (Å²) in [7, 11) is 1.82. The SMILES string of the molecule is CCCCN(C)C(=O)/C=C/c1cc(C)c(Oc2ccnc(Nc3ccc(C#N)cc3)n2)c(C)c1. The van der Waals surface area contributed by atoms with Gasteiger partial charge in [0, 0.05) is 37.6 Å². The van der Waals surface area contributed by atoms with Gasteiger partial charge in [0.05, 0.1) is 11.6 Å². The molecule has 0 aliphatic heterocycles. The van der Waals surface area contributed by atoms with Gasteiger partial charge in [0.2, 0.25) is 17.7 Å². The molecule has 7 nitrogen and oxygen atoms in total. The van der Waals surface area contributed by atoms with Gasteiger partial charge in [-0.3, -0.25) is 4.79 Å². The molecule has 174 valence electrons. The van der Waals surface area contributed by atoms with Crippen molar-refractivity contribution in [1.82, 2.24) is 14.9 Å². The second-order valence-corrected chi connectivity index (χ2v) is 8.07. The number of amides is 1. The fourth-order valence-corrected chi connectivity index (χ4v) is 3.36. The molecule has 1 amide bonds. The zero-order valence-electron chi connectivity index (χ0n) is 20.0. The van der Waals surface area contributed by atoms with E-state index in [0.29, 0.717) is 23.1 Å². The lowest BCUT2D eigenvalue weighted by Gasteiger charge is -2.14. The van der Waals surface area contributed by atoms with Gasteiger partial charge < -0.3 is 15.0 Å². The topological polar surface area (TPSA) is 91.1 Å². The lowest BCUT2D eigenvalue weighted by atomic mass is 10.1. The van der Waals surface area contributed by atoms with Crippen molar-refractivity contribution in [2.24, 2.45) is 0 Å². The molecule has 0 fully saturated rings. The van der Waals surface area contributed by atoms with E-state index in [4.69, 9.17) is 10.00 Å². The van der Waals surface area contributed by atoms with E-state index in [1.807, 2.05) is 39.1 Å². The van der Waals surface area contributed by atoms with Crippen LogP contribution in [0.2, 0.25) is 0 Å². The number of nitrogens with zero attached hydrogens (tertiary/aromatic N) is 4. The molecule has 3 aromatic rings. The molecule has 0 saturated heterocycles. The number of nitrogens with one attached hydrogen (secondary N) is 1. The van der Waals surface area contributed by atoms with Crippen LogP contribution in [0.3, 0.4) is 0 Å². The van der Waals surface area contributed by atoms with E-state index < -0.39 is 0 Å². The summed E-state index contributed by atoms with van der Waals surface area (Å²) in [6.07, 6.45) is 7.11. The van der Waals surface area contributed by atoms with Crippen molar-refractivity contribution in [1.29, 1.82) is 5.26 Å². The summed E-state index contributed by atoms with van der Waals surface area (Å²) < 4.78 is 6.08. The van der Waals surface area contributed by atoms with Crippen molar-refractivity contribution < 1.29 is 9.53 Å². The Morgan fingerprint density at radius 2 is 1.88 bits per heavy atom. The van der Waals surface area contributed by atoms with E-state index in [0.717, 1.165) is 41.8 Å². The van der Waals surface area contributed by atoms with Crippen LogP contribution in [0.5, 0.6) is 11.6 Å². The molecule has 0 saturated carbocycles. The molecule has 0 bridgehead atoms. The van der Waals surface area contributed by atoms with Crippen molar-refractivity contribution in [3.63, 3.8) is 0 Å². The summed E-state index contributed by atoms with van der Waals surface area (Å²) in [5, 5.41) is 12.0. The number of ether oxygens (including phenoxy) is 1. The number of aryl methyl sites for hydroxylation is 2. The highest BCUT2D eigenvalue weighted by molar-refractivity contribution is 5.91. The third-order valence-electron chi connectivity index (χ3n) is 5.23. The largest absolute Gasteiger partial charge is 0.438 e. The Balaban J connectivity index is 1.71. The van der Waals surface area contributed by atoms with Crippen LogP contribution in [-0.4, -0.2) is 34.4 Å². The quantitative estimate of drug-likeness (QED) is 0.412. The molecule has 34 heavy (non-hydrogen) atoms. The lowest BCUT2D eigenvalue weighted by molar-refractivity contribution is -0.124. The lowest BCUT2D eigenvalue weighted by Crippen LogP contribution is -2.25. The molecule has 0 aliphatic rings. The van der Waals surface area contributed by atoms with E-state index >= 15 is 0 Å². The number of likely N-dealkylation sites (N-methyl/N-ethyl adjacent to an activating group) is 1. The van der Waals surface area contributed by atoms with Gasteiger partial charge in [-0.2, -0.15) is 10.2 Å². The van der Waals surface area contributed by atoms with Crippen molar-refractivity contribution in [2.75, 3.05) is 18.9 Å². The Hall–Kier alpha value is -4.18. The number of aromatic nitrogens is 2. The summed E-state index contributed by atoms with van der Waals surface area (Å²) in [6.45, 7) is 6.79. The molecule has 1 heterocycles. The molecule has 0 spiro atoms. The number of rotatable bonds is 9. The molecule has 1 aromatic heterocycles. The second-order valence-electron chi connectivity index (χ2n) is 8.07. The predicted molar refractivity (Wildman–Crippen MR) is 134 cm³/mol. The van der Waals surface area contributed by atoms with Crippen molar-refractivity contribution >= 4 is 23.6 Å². The van der Waals surface area contributed by atoms with E-state index in [1.165, 1.54) is 0 Å². The fraction of sp³-hybridized carbons (Fsp3) is 0.259. The first kappa shape index (κ1) is 24.5. The summed E-state index contributed by atoms with van der Waals surface area (Å²) in [5.41, 5.74) is 4.17. The molecule has 0 aliphatic carbocycles. The minimum absolute atomic E-state index is 0.00707. The zero-order valence-corrected chi connectivity index (χ0v) is 20.0. The van der Waals surface area contributed by atoms with Gasteiger partial charge in [-0.15, -0.1) is 0 Å². The molecule has 7 heteroatoms. The average Bonchev–Trinajstić information content (AvgIpc) is 2.84. The number of unbranched alkanes of at least 4 members (excludes halogenated alkanes) is 1. The summed E-state index contributed by atoms with van der Waals surface area (Å²) >= 11 is 0. The van der Waals surface area contributed by atoms with Gasteiger partial charge in [0.1, 0.15) is 5.75 Å². The molecule has 0 unspecified atom stereocenters. The minimum atomic E-state index is -0.00707. The summed E-state index contributed by atoms with van der Waals surface area (Å²) in [4.78, 5) is 22.7. The van der Waals surface area contributed by atoms with Crippen LogP contribution in [0.4, 0.5) is 11.6 Å². The van der Waals surface area contributed by atoms with E-state index in [-0.39, 0.29) is 5.91 Å². The number of benzene rings is 2. The van der Waals surface area contributed by atoms with Gasteiger partial charge in [0.15, 0.2) is 0 Å². The van der Waals surface area contributed by atoms with E-state index in [1.54, 1.807) is 47.5 Å². The van der Waals surface area contributed by atoms with Crippen molar-refractivity contribution in [2.45, 2.75) is 33.6 Å². The van der Waals surface area contributed by atoms with E-state index in [2.05, 4.69) is 28.3 Å². The van der Waals surface area contributed by atoms with Crippen LogP contribution in [0.25, 0.3) is 6.08 Å². The number of anilines is 2. The monoisotopic (exact) mass is 455 g/mol. The van der Waals surface area contributed by atoms with Crippen LogP contribution in [-0.2, 0) is 4.79 Å². The maximum Gasteiger partial charge on any atom is 0.246 e. The highest BCUT2D eigenvalue weighted by Gasteiger charge is 2.10. The first-order chi connectivity index (χ1) is 16.4. The summed E-state index contributed by atoms with van der Waals surface area (Å²) in [6, 6.07) is 14.8. The van der Waals surface area contributed by atoms with Gasteiger partial charge in [-0.1, -0.05) is 13.3 Å². The maximum absolute atomic E-state index is 12.3. The zero-order chi connectivity index (χ0) is 24.5. The Kier molecular flexibility index (Phi) is 8.36. The third kappa shape index (κ3) is 6.66. The fourth-order valence-electron chi connectivity index (χ4n) is 3.36. The maximum atomic E-state index is 12.3. The summed E-state index contributed by atoms with van der Waals surface area (Å²) in [5.74, 6) is 1.51. The molecular formula is C27H29N5O2. The number of hydrogen-bond acceptors (Lipinski definition) is 6. The number of hydrogen-bond donors (Lipinski definition) is 1. The van der Waals surface area contributed by atoms with Crippen LogP contribution < -0.4 is 10.1 Å². The van der Waals surface area contributed by atoms with Gasteiger partial charge in [-0.25, -0.2) is 4.98 Å². The third-order valence-corrected chi connectivity index (χ3v) is 5.23. The Bertz CT molecular complexity index is 1190. The smallest absolute Gasteiger partial charge is 0.246 e. The average molecular weight is 456 g/mol. The molecule has 2 aromatic carbocycles. The first-order valence-corrected chi connectivity index (χ1v) is 11.2. The highest BCUT2D eigenvalue weighted by atomic mass is 16.5. The molecule has 0 atom stereocenters. The first-order valence-electron chi connectivity index (χ1n) is 11.2. The standard InChI is InChI=1S/C27H29N5O2/c1-5-6-15-32(4)25(33)12-9-22-16-19(2)26(20(3)17-22)34-24-13-14-29-27(31-24)30-23-10-7-21(18-28)8-11-23/h7-14,16-17H,5-6,15H2,1-4H3,(H,29,30,31)/b12-9+. The second kappa shape index (κ2) is 11.6. The minimum Gasteiger partial charge on any atom is -0.438 e. The van der Waals surface area contributed by atoms with Gasteiger partial charge >= 0.3 is 0 Å². The Morgan fingerprint density at radius 3 is 2.53 bits per heavy atom. The normalized spacial score (nSPS) is 10.7. The van der Waals surface area contributed by atoms with Crippen LogP contribution in [0, 0.1) is 25.2 Å². The van der Waals surface area contributed by atoms with Crippen LogP contribution >= 0.6 is 0 Å². The molecular weight excluding hydrogens is 426 g/mol. The molecule has 3 rings (SSSR count). The Morgan fingerprint density at radius 1 is 1.18 bits per heavy atom. The Labute approximate surface area is 200 Å². The van der Waals surface area contributed by atoms with E-state index in [9.17, 15) is 4.79 Å². The van der Waals surface area contributed by atoms with Crippen molar-refractivity contribution in [3.8, 4) is 17.7 Å². The number of carbonyl (C=O) groups is 1. The van der Waals surface area contributed by atoms with Crippen LogP contribution in [0.1, 0.15) is 42.0 Å². The number of carbonyl (C=O) groups excluding carboxylic acids is 1. The molecule has 1 N–H and O–H groups in total. The predicted octanol–water partition coefficient (Wildman–Crippen LogP) is 5.77. The number of nitriles is 1. The van der Waals surface area contributed by atoms with Gasteiger partial charge in [0.25, 0.3) is 0 Å². The molecule has 0 radical (unpaired) electrons. The highest BCUT2D eigenvalue weighted by Crippen LogP contribution is 2.30.